The summed E-state index contributed by atoms with van der Waals surface area (Å²) >= 11 is 0. The maximum Gasteiger partial charge on any atom is 0.234 e. The van der Waals surface area contributed by atoms with Crippen molar-refractivity contribution in [3.05, 3.63) is 11.9 Å². The molecule has 1 aromatic rings. The molecule has 0 spiro atoms. The summed E-state index contributed by atoms with van der Waals surface area (Å²) < 4.78 is 7.96. The zero-order valence-electron chi connectivity index (χ0n) is 16.5. The van der Waals surface area contributed by atoms with Crippen LogP contribution in [0, 0.1) is 0 Å². The zero-order valence-corrected chi connectivity index (χ0v) is 16.5. The number of amides is 1. The number of rotatable bonds is 8. The van der Waals surface area contributed by atoms with Crippen molar-refractivity contribution in [2.75, 3.05) is 27.2 Å². The van der Waals surface area contributed by atoms with Gasteiger partial charge in [0, 0.05) is 18.7 Å². The van der Waals surface area contributed by atoms with Crippen LogP contribution in [0.5, 0.6) is 0 Å². The fourth-order valence-corrected chi connectivity index (χ4v) is 4.16. The van der Waals surface area contributed by atoms with Crippen LogP contribution >= 0.6 is 0 Å². The molecule has 1 aromatic heterocycles. The van der Waals surface area contributed by atoms with Gasteiger partial charge in [-0.05, 0) is 46.2 Å². The minimum atomic E-state index is -0.348. The molecule has 0 unspecified atom stereocenters. The lowest BCUT2D eigenvalue weighted by Crippen LogP contribution is -2.52. The summed E-state index contributed by atoms with van der Waals surface area (Å²) in [5.41, 5.74) is 1.12. The van der Waals surface area contributed by atoms with Crippen LogP contribution < -0.4 is 5.32 Å². The van der Waals surface area contributed by atoms with Gasteiger partial charge >= 0.3 is 0 Å². The van der Waals surface area contributed by atoms with Gasteiger partial charge < -0.3 is 20.1 Å². The second kappa shape index (κ2) is 9.61. The molecule has 1 aliphatic heterocycles. The molecule has 1 saturated heterocycles. The van der Waals surface area contributed by atoms with E-state index in [4.69, 9.17) is 4.74 Å². The number of aliphatic hydroxyl groups is 1. The topological polar surface area (TPSA) is 92.5 Å². The van der Waals surface area contributed by atoms with Crippen LogP contribution in [0.25, 0.3) is 0 Å². The first-order valence-corrected chi connectivity index (χ1v) is 10.2. The summed E-state index contributed by atoms with van der Waals surface area (Å²) in [5.74, 6) is 0.544. The van der Waals surface area contributed by atoms with Crippen molar-refractivity contribution in [1.29, 1.82) is 0 Å². The van der Waals surface area contributed by atoms with Gasteiger partial charge in [0.05, 0.1) is 31.0 Å². The molecule has 3 rings (SSSR count). The largest absolute Gasteiger partial charge is 0.394 e. The second-order valence-electron chi connectivity index (χ2n) is 8.14. The highest BCUT2D eigenvalue weighted by atomic mass is 16.5. The lowest BCUT2D eigenvalue weighted by molar-refractivity contribution is -0.129. The zero-order chi connectivity index (χ0) is 19.2. The smallest absolute Gasteiger partial charge is 0.234 e. The van der Waals surface area contributed by atoms with Crippen molar-refractivity contribution in [3.63, 3.8) is 0 Å². The molecule has 27 heavy (non-hydrogen) atoms. The SMILES string of the molecule is CN(C)CC(=O)N[C@H]1CC[C@H](CCn2cc(C3CCCC3)nn2)O[C@@H]1CO. The number of aliphatic hydroxyl groups excluding tert-OH is 1. The van der Waals surface area contributed by atoms with E-state index < -0.39 is 0 Å². The fraction of sp³-hybridized carbons (Fsp3) is 0.842. The number of nitrogens with zero attached hydrogens (tertiary/aromatic N) is 4. The number of hydrogen-bond donors (Lipinski definition) is 2. The Kier molecular flexibility index (Phi) is 7.20. The van der Waals surface area contributed by atoms with E-state index >= 15 is 0 Å². The van der Waals surface area contributed by atoms with E-state index in [9.17, 15) is 9.90 Å². The highest BCUT2D eigenvalue weighted by Crippen LogP contribution is 2.32. The van der Waals surface area contributed by atoms with E-state index in [2.05, 4.69) is 21.8 Å². The molecular formula is C19H33N5O3. The summed E-state index contributed by atoms with van der Waals surface area (Å²) in [4.78, 5) is 13.8. The van der Waals surface area contributed by atoms with Crippen molar-refractivity contribution < 1.29 is 14.6 Å². The predicted octanol–water partition coefficient (Wildman–Crippen LogP) is 0.912. The summed E-state index contributed by atoms with van der Waals surface area (Å²) in [7, 11) is 3.72. The maximum absolute atomic E-state index is 12.0. The van der Waals surface area contributed by atoms with Gasteiger partial charge in [-0.2, -0.15) is 0 Å². The van der Waals surface area contributed by atoms with Gasteiger partial charge in [0.2, 0.25) is 5.91 Å². The third-order valence-corrected chi connectivity index (χ3v) is 5.61. The highest BCUT2D eigenvalue weighted by Gasteiger charge is 2.32. The Labute approximate surface area is 161 Å². The molecule has 0 aromatic carbocycles. The first-order valence-electron chi connectivity index (χ1n) is 10.2. The van der Waals surface area contributed by atoms with Crippen LogP contribution in [0.1, 0.15) is 56.6 Å². The van der Waals surface area contributed by atoms with Crippen LogP contribution in [0.4, 0.5) is 0 Å². The van der Waals surface area contributed by atoms with Crippen LogP contribution in [-0.2, 0) is 16.1 Å². The quantitative estimate of drug-likeness (QED) is 0.698. The van der Waals surface area contributed by atoms with Gasteiger partial charge in [-0.3, -0.25) is 9.48 Å². The Hall–Kier alpha value is -1.51. The van der Waals surface area contributed by atoms with Crippen molar-refractivity contribution >= 4 is 5.91 Å². The van der Waals surface area contributed by atoms with Gasteiger partial charge in [-0.15, -0.1) is 5.10 Å². The van der Waals surface area contributed by atoms with Crippen LogP contribution in [-0.4, -0.2) is 76.4 Å². The number of hydrogen-bond acceptors (Lipinski definition) is 6. The monoisotopic (exact) mass is 379 g/mol. The second-order valence-corrected chi connectivity index (χ2v) is 8.14. The Morgan fingerprint density at radius 2 is 2.11 bits per heavy atom. The number of aryl methyl sites for hydroxylation is 1. The summed E-state index contributed by atoms with van der Waals surface area (Å²) in [6.07, 6.45) is 9.36. The van der Waals surface area contributed by atoms with Crippen molar-refractivity contribution in [2.24, 2.45) is 0 Å². The van der Waals surface area contributed by atoms with Gasteiger partial charge in [0.25, 0.3) is 0 Å². The van der Waals surface area contributed by atoms with E-state index in [1.807, 2.05) is 23.7 Å². The number of ether oxygens (including phenoxy) is 1. The molecule has 2 fully saturated rings. The molecule has 8 heteroatoms. The first kappa shape index (κ1) is 20.2. The van der Waals surface area contributed by atoms with E-state index in [1.165, 1.54) is 25.7 Å². The molecule has 2 aliphatic rings. The molecule has 0 bridgehead atoms. The summed E-state index contributed by atoms with van der Waals surface area (Å²) in [5, 5.41) is 21.3. The molecule has 2 N–H and O–H groups in total. The van der Waals surface area contributed by atoms with Gasteiger partial charge in [-0.25, -0.2) is 0 Å². The third-order valence-electron chi connectivity index (χ3n) is 5.61. The minimum Gasteiger partial charge on any atom is -0.394 e. The molecule has 1 amide bonds. The van der Waals surface area contributed by atoms with Crippen LogP contribution in [0.2, 0.25) is 0 Å². The molecular weight excluding hydrogens is 346 g/mol. The fourth-order valence-electron chi connectivity index (χ4n) is 4.16. The van der Waals surface area contributed by atoms with E-state index in [0.29, 0.717) is 12.5 Å². The lowest BCUT2D eigenvalue weighted by Gasteiger charge is -2.36. The summed E-state index contributed by atoms with van der Waals surface area (Å²) in [6, 6.07) is -0.126. The van der Waals surface area contributed by atoms with Crippen molar-refractivity contribution in [3.8, 4) is 0 Å². The number of aromatic nitrogens is 3. The standard InChI is InChI=1S/C19H33N5O3/c1-23(2)12-19(26)20-16-8-7-15(27-18(16)13-25)9-10-24-11-17(21-22-24)14-5-3-4-6-14/h11,14-16,18,25H,3-10,12-13H2,1-2H3,(H,20,26)/t15-,16+,18-/m1/s1. The molecule has 1 saturated carbocycles. The minimum absolute atomic E-state index is 0.0347. The maximum atomic E-state index is 12.0. The average Bonchev–Trinajstić information content (AvgIpc) is 3.31. The van der Waals surface area contributed by atoms with Crippen LogP contribution in [0.3, 0.4) is 0 Å². The van der Waals surface area contributed by atoms with Crippen LogP contribution in [0.15, 0.2) is 6.20 Å². The molecule has 8 nitrogen and oxygen atoms in total. The predicted molar refractivity (Wildman–Crippen MR) is 101 cm³/mol. The third kappa shape index (κ3) is 5.73. The molecule has 0 radical (unpaired) electrons. The molecule has 1 aliphatic carbocycles. The summed E-state index contributed by atoms with van der Waals surface area (Å²) in [6.45, 7) is 1.02. The Bertz CT molecular complexity index is 600. The van der Waals surface area contributed by atoms with Gasteiger partial charge in [-0.1, -0.05) is 18.1 Å². The Morgan fingerprint density at radius 1 is 1.33 bits per heavy atom. The normalized spacial score (nSPS) is 26.6. The number of carbonyl (C=O) groups excluding carboxylic acids is 1. The number of carbonyl (C=O) groups is 1. The van der Waals surface area contributed by atoms with Gasteiger partial charge in [0.15, 0.2) is 0 Å². The lowest BCUT2D eigenvalue weighted by atomic mass is 9.97. The Morgan fingerprint density at radius 3 is 2.81 bits per heavy atom. The number of nitrogens with one attached hydrogen (secondary N) is 1. The van der Waals surface area contributed by atoms with Crippen molar-refractivity contribution in [2.45, 2.75) is 75.7 Å². The molecule has 3 atom stereocenters. The first-order chi connectivity index (χ1) is 13.0. The molecule has 152 valence electrons. The van der Waals surface area contributed by atoms with Crippen molar-refractivity contribution in [1.82, 2.24) is 25.2 Å². The molecule has 2 heterocycles. The van der Waals surface area contributed by atoms with E-state index in [-0.39, 0.29) is 30.8 Å². The van der Waals surface area contributed by atoms with E-state index in [1.54, 1.807) is 0 Å². The Balaban J connectivity index is 1.45. The van der Waals surface area contributed by atoms with Gasteiger partial charge in [0.1, 0.15) is 6.10 Å². The average molecular weight is 380 g/mol. The number of likely N-dealkylation sites (N-methyl/N-ethyl adjacent to an activating group) is 1. The highest BCUT2D eigenvalue weighted by molar-refractivity contribution is 5.78. The van der Waals surface area contributed by atoms with E-state index in [0.717, 1.165) is 31.5 Å².